The molecular weight excluding hydrogens is 278 g/mol. The lowest BCUT2D eigenvalue weighted by Gasteiger charge is -2.15. The second-order valence-corrected chi connectivity index (χ2v) is 5.60. The smallest absolute Gasteiger partial charge is 0.120 e. The predicted molar refractivity (Wildman–Crippen MR) is 74.4 cm³/mol. The summed E-state index contributed by atoms with van der Waals surface area (Å²) in [5.74, 6) is 1.87. The standard InChI is InChI=1S/C14H20BrNO/c1-16-14(11-7-8-11)6-3-9-17-13-5-2-4-12(15)10-13/h2,4-5,10-11,14,16H,3,6-9H2,1H3. The molecule has 0 spiro atoms. The van der Waals surface area contributed by atoms with Crippen LogP contribution >= 0.6 is 15.9 Å². The summed E-state index contributed by atoms with van der Waals surface area (Å²) in [5.41, 5.74) is 0. The first-order chi connectivity index (χ1) is 8.29. The van der Waals surface area contributed by atoms with Crippen LogP contribution in [0.3, 0.4) is 0 Å². The van der Waals surface area contributed by atoms with Crippen LogP contribution in [0.25, 0.3) is 0 Å². The molecule has 17 heavy (non-hydrogen) atoms. The number of hydrogen-bond acceptors (Lipinski definition) is 2. The first-order valence-corrected chi connectivity index (χ1v) is 7.14. The minimum Gasteiger partial charge on any atom is -0.494 e. The molecule has 3 heteroatoms. The van der Waals surface area contributed by atoms with Crippen molar-refractivity contribution in [1.82, 2.24) is 5.32 Å². The van der Waals surface area contributed by atoms with Crippen LogP contribution in [0.1, 0.15) is 25.7 Å². The summed E-state index contributed by atoms with van der Waals surface area (Å²) < 4.78 is 6.79. The van der Waals surface area contributed by atoms with Gasteiger partial charge in [-0.25, -0.2) is 0 Å². The van der Waals surface area contributed by atoms with E-state index in [0.29, 0.717) is 6.04 Å². The van der Waals surface area contributed by atoms with Crippen LogP contribution in [0.5, 0.6) is 5.75 Å². The molecule has 1 N–H and O–H groups in total. The lowest BCUT2D eigenvalue weighted by molar-refractivity contribution is 0.293. The van der Waals surface area contributed by atoms with Crippen LogP contribution in [0, 0.1) is 5.92 Å². The van der Waals surface area contributed by atoms with Crippen LogP contribution in [0.15, 0.2) is 28.7 Å². The molecule has 0 bridgehead atoms. The zero-order valence-electron chi connectivity index (χ0n) is 10.3. The summed E-state index contributed by atoms with van der Waals surface area (Å²) in [4.78, 5) is 0. The Kier molecular flexibility index (Phi) is 4.86. The fourth-order valence-corrected chi connectivity index (χ4v) is 2.54. The normalized spacial score (nSPS) is 16.8. The number of nitrogens with one attached hydrogen (secondary N) is 1. The molecule has 0 heterocycles. The topological polar surface area (TPSA) is 21.3 Å². The molecule has 1 aromatic carbocycles. The molecule has 94 valence electrons. The molecule has 1 atom stereocenters. The molecule has 0 radical (unpaired) electrons. The monoisotopic (exact) mass is 297 g/mol. The molecule has 1 aliphatic carbocycles. The minimum absolute atomic E-state index is 0.695. The summed E-state index contributed by atoms with van der Waals surface area (Å²) >= 11 is 3.44. The van der Waals surface area contributed by atoms with E-state index in [1.165, 1.54) is 19.3 Å². The van der Waals surface area contributed by atoms with Gasteiger partial charge in [-0.15, -0.1) is 0 Å². The molecule has 1 fully saturated rings. The number of halogens is 1. The summed E-state index contributed by atoms with van der Waals surface area (Å²) in [5, 5.41) is 3.41. The van der Waals surface area contributed by atoms with Crippen LogP contribution in [0.4, 0.5) is 0 Å². The predicted octanol–water partition coefficient (Wildman–Crippen LogP) is 3.61. The Labute approximate surface area is 112 Å². The van der Waals surface area contributed by atoms with Crippen molar-refractivity contribution < 1.29 is 4.74 Å². The minimum atomic E-state index is 0.695. The summed E-state index contributed by atoms with van der Waals surface area (Å²) in [6, 6.07) is 8.72. The fraction of sp³-hybridized carbons (Fsp3) is 0.571. The van der Waals surface area contributed by atoms with Gasteiger partial charge in [0.1, 0.15) is 5.75 Å². The maximum Gasteiger partial charge on any atom is 0.120 e. The van der Waals surface area contributed by atoms with E-state index in [1.807, 2.05) is 24.3 Å². The van der Waals surface area contributed by atoms with Crippen molar-refractivity contribution >= 4 is 15.9 Å². The van der Waals surface area contributed by atoms with Crippen molar-refractivity contribution in [2.45, 2.75) is 31.7 Å². The average Bonchev–Trinajstić information content (AvgIpc) is 3.13. The zero-order chi connectivity index (χ0) is 12.1. The van der Waals surface area contributed by atoms with Crippen LogP contribution in [-0.4, -0.2) is 19.7 Å². The van der Waals surface area contributed by atoms with E-state index in [2.05, 4.69) is 28.3 Å². The van der Waals surface area contributed by atoms with E-state index in [9.17, 15) is 0 Å². The second kappa shape index (κ2) is 6.41. The maximum atomic E-state index is 5.72. The lowest BCUT2D eigenvalue weighted by Crippen LogP contribution is -2.27. The molecular formula is C14H20BrNO. The van der Waals surface area contributed by atoms with Gasteiger partial charge in [0.15, 0.2) is 0 Å². The van der Waals surface area contributed by atoms with Gasteiger partial charge >= 0.3 is 0 Å². The molecule has 0 aromatic heterocycles. The van der Waals surface area contributed by atoms with Crippen LogP contribution in [-0.2, 0) is 0 Å². The maximum absolute atomic E-state index is 5.72. The fourth-order valence-electron chi connectivity index (χ4n) is 2.16. The van der Waals surface area contributed by atoms with Crippen LogP contribution < -0.4 is 10.1 Å². The Bertz CT molecular complexity index is 352. The molecule has 1 unspecified atom stereocenters. The van der Waals surface area contributed by atoms with Gasteiger partial charge in [-0.2, -0.15) is 0 Å². The highest BCUT2D eigenvalue weighted by atomic mass is 79.9. The molecule has 0 aliphatic heterocycles. The van der Waals surface area contributed by atoms with E-state index in [0.717, 1.165) is 29.2 Å². The van der Waals surface area contributed by atoms with Gasteiger partial charge in [0.2, 0.25) is 0 Å². The van der Waals surface area contributed by atoms with Crippen molar-refractivity contribution in [3.05, 3.63) is 28.7 Å². The Morgan fingerprint density at radius 2 is 2.29 bits per heavy atom. The molecule has 1 aromatic rings. The molecule has 2 nitrogen and oxygen atoms in total. The van der Waals surface area contributed by atoms with Crippen molar-refractivity contribution in [3.8, 4) is 5.75 Å². The zero-order valence-corrected chi connectivity index (χ0v) is 11.9. The Balaban J connectivity index is 1.65. The lowest BCUT2D eigenvalue weighted by atomic mass is 10.1. The van der Waals surface area contributed by atoms with E-state index in [-0.39, 0.29) is 0 Å². The van der Waals surface area contributed by atoms with Crippen molar-refractivity contribution in [2.75, 3.05) is 13.7 Å². The van der Waals surface area contributed by atoms with E-state index in [1.54, 1.807) is 0 Å². The Morgan fingerprint density at radius 1 is 1.47 bits per heavy atom. The number of hydrogen-bond donors (Lipinski definition) is 1. The van der Waals surface area contributed by atoms with Gasteiger partial charge in [-0.05, 0) is 56.8 Å². The SMILES string of the molecule is CNC(CCCOc1cccc(Br)c1)C1CC1. The van der Waals surface area contributed by atoms with Crippen molar-refractivity contribution in [1.29, 1.82) is 0 Å². The first-order valence-electron chi connectivity index (χ1n) is 6.35. The van der Waals surface area contributed by atoms with E-state index in [4.69, 9.17) is 4.74 Å². The third-order valence-corrected chi connectivity index (χ3v) is 3.78. The summed E-state index contributed by atoms with van der Waals surface area (Å²) in [7, 11) is 2.07. The van der Waals surface area contributed by atoms with Gasteiger partial charge < -0.3 is 10.1 Å². The summed E-state index contributed by atoms with van der Waals surface area (Å²) in [6.07, 6.45) is 5.14. The van der Waals surface area contributed by atoms with Gasteiger partial charge in [-0.3, -0.25) is 0 Å². The molecule has 2 rings (SSSR count). The second-order valence-electron chi connectivity index (χ2n) is 4.68. The molecule has 0 amide bonds. The third kappa shape index (κ3) is 4.32. The van der Waals surface area contributed by atoms with E-state index >= 15 is 0 Å². The Hall–Kier alpha value is -0.540. The van der Waals surface area contributed by atoms with Crippen molar-refractivity contribution in [3.63, 3.8) is 0 Å². The highest BCUT2D eigenvalue weighted by Crippen LogP contribution is 2.34. The highest BCUT2D eigenvalue weighted by Gasteiger charge is 2.29. The van der Waals surface area contributed by atoms with Gasteiger partial charge in [0.25, 0.3) is 0 Å². The number of rotatable bonds is 7. The van der Waals surface area contributed by atoms with Crippen LogP contribution in [0.2, 0.25) is 0 Å². The number of ether oxygens (including phenoxy) is 1. The Morgan fingerprint density at radius 3 is 2.94 bits per heavy atom. The van der Waals surface area contributed by atoms with E-state index < -0.39 is 0 Å². The largest absolute Gasteiger partial charge is 0.494 e. The third-order valence-electron chi connectivity index (χ3n) is 3.29. The highest BCUT2D eigenvalue weighted by molar-refractivity contribution is 9.10. The average molecular weight is 298 g/mol. The van der Waals surface area contributed by atoms with Gasteiger partial charge in [0.05, 0.1) is 6.61 Å². The molecule has 1 aliphatic rings. The summed E-state index contributed by atoms with van der Waals surface area (Å²) in [6.45, 7) is 0.807. The van der Waals surface area contributed by atoms with Gasteiger partial charge in [-0.1, -0.05) is 22.0 Å². The van der Waals surface area contributed by atoms with Crippen molar-refractivity contribution in [2.24, 2.45) is 5.92 Å². The van der Waals surface area contributed by atoms with Gasteiger partial charge in [0, 0.05) is 10.5 Å². The molecule has 1 saturated carbocycles. The molecule has 0 saturated heterocycles. The quantitative estimate of drug-likeness (QED) is 0.777. The number of benzene rings is 1. The first kappa shape index (κ1) is 12.9.